The molecule has 35 heavy (non-hydrogen) atoms. The Morgan fingerprint density at radius 2 is 1.91 bits per heavy atom. The van der Waals surface area contributed by atoms with Crippen molar-refractivity contribution in [1.82, 2.24) is 15.1 Å². The van der Waals surface area contributed by atoms with Gasteiger partial charge in [-0.1, -0.05) is 6.07 Å². The van der Waals surface area contributed by atoms with E-state index >= 15 is 0 Å². The minimum atomic E-state index is -0.483. The molecule has 1 saturated heterocycles. The summed E-state index contributed by atoms with van der Waals surface area (Å²) >= 11 is 3.59. The maximum atomic E-state index is 13.5. The lowest BCUT2D eigenvalue weighted by molar-refractivity contribution is -0.147. The molecule has 2 aromatic heterocycles. The lowest BCUT2D eigenvalue weighted by Crippen LogP contribution is -2.59. The first-order chi connectivity index (χ1) is 16.9. The van der Waals surface area contributed by atoms with E-state index in [2.05, 4.69) is 46.8 Å². The van der Waals surface area contributed by atoms with Crippen LogP contribution in [-0.2, 0) is 27.4 Å². The maximum absolute atomic E-state index is 13.5. The van der Waals surface area contributed by atoms with Crippen LogP contribution in [0, 0.1) is 6.92 Å². The third-order valence-electron chi connectivity index (χ3n) is 7.19. The largest absolute Gasteiger partial charge is 0.375 e. The van der Waals surface area contributed by atoms with E-state index in [4.69, 9.17) is 10.5 Å². The molecule has 0 radical (unpaired) electrons. The maximum Gasteiger partial charge on any atom is 0.249 e. The number of piperidine rings is 1. The normalized spacial score (nSPS) is 25.1. The van der Waals surface area contributed by atoms with E-state index in [9.17, 15) is 9.59 Å². The molecule has 2 atom stereocenters. The van der Waals surface area contributed by atoms with Crippen molar-refractivity contribution in [2.45, 2.75) is 82.7 Å². The summed E-state index contributed by atoms with van der Waals surface area (Å²) in [5.41, 5.74) is 6.05. The van der Waals surface area contributed by atoms with Crippen molar-refractivity contribution < 1.29 is 14.3 Å². The van der Waals surface area contributed by atoms with Gasteiger partial charge in [-0.2, -0.15) is 0 Å². The number of hydrogen-bond acceptors (Lipinski definition) is 7. The average Bonchev–Trinajstić information content (AvgIpc) is 3.51. The Hall–Kier alpha value is -1.78. The van der Waals surface area contributed by atoms with E-state index in [0.717, 1.165) is 45.2 Å². The smallest absolute Gasteiger partial charge is 0.249 e. The van der Waals surface area contributed by atoms with Gasteiger partial charge in [-0.15, -0.1) is 22.7 Å². The van der Waals surface area contributed by atoms with Gasteiger partial charge in [0.25, 0.3) is 0 Å². The van der Waals surface area contributed by atoms with Gasteiger partial charge in [0.1, 0.15) is 12.6 Å². The number of thiophene rings is 2. The van der Waals surface area contributed by atoms with Crippen LogP contribution in [0.15, 0.2) is 29.6 Å². The van der Waals surface area contributed by atoms with Crippen LogP contribution in [-0.4, -0.2) is 66.0 Å². The molecule has 1 unspecified atom stereocenters. The third-order valence-corrected chi connectivity index (χ3v) is 9.04. The Kier molecular flexibility index (Phi) is 9.35. The third kappa shape index (κ3) is 7.13. The van der Waals surface area contributed by atoms with Crippen molar-refractivity contribution in [2.75, 3.05) is 20.3 Å². The van der Waals surface area contributed by atoms with Crippen LogP contribution in [0.25, 0.3) is 0 Å². The number of ether oxygens (including phenoxy) is 1. The molecular formula is C26H38N4O3S2. The number of nitrogens with one attached hydrogen (secondary N) is 1. The zero-order chi connectivity index (χ0) is 24.8. The van der Waals surface area contributed by atoms with Crippen LogP contribution in [0.5, 0.6) is 0 Å². The fraction of sp³-hybridized carbons (Fsp3) is 0.615. The van der Waals surface area contributed by atoms with Gasteiger partial charge in [-0.25, -0.2) is 0 Å². The summed E-state index contributed by atoms with van der Waals surface area (Å²) in [5, 5.41) is 5.36. The second kappa shape index (κ2) is 12.5. The van der Waals surface area contributed by atoms with E-state index in [0.29, 0.717) is 13.0 Å². The molecule has 2 amide bonds. The number of carbonyl (C=O) groups excluding carboxylic acids is 2. The van der Waals surface area contributed by atoms with Gasteiger partial charge in [-0.3, -0.25) is 14.5 Å². The van der Waals surface area contributed by atoms with E-state index in [-0.39, 0.29) is 36.5 Å². The highest BCUT2D eigenvalue weighted by Gasteiger charge is 2.39. The minimum Gasteiger partial charge on any atom is -0.375 e. The Morgan fingerprint density at radius 3 is 2.57 bits per heavy atom. The molecule has 0 aromatic carbocycles. The first-order valence-corrected chi connectivity index (χ1v) is 14.3. The number of rotatable bonds is 9. The van der Waals surface area contributed by atoms with Crippen molar-refractivity contribution in [1.29, 1.82) is 0 Å². The summed E-state index contributed by atoms with van der Waals surface area (Å²) in [6.07, 6.45) is 5.13. The number of methoxy groups -OCH3 is 1. The fourth-order valence-corrected chi connectivity index (χ4v) is 6.93. The number of aryl methyl sites for hydroxylation is 1. The molecule has 0 spiro atoms. The molecule has 1 saturated carbocycles. The first kappa shape index (κ1) is 26.3. The fourth-order valence-electron chi connectivity index (χ4n) is 5.28. The molecule has 3 N–H and O–H groups in total. The molecule has 1 aliphatic carbocycles. The summed E-state index contributed by atoms with van der Waals surface area (Å²) in [6, 6.07) is 8.73. The molecular weight excluding hydrogens is 480 g/mol. The van der Waals surface area contributed by atoms with Crippen LogP contribution >= 0.6 is 22.7 Å². The van der Waals surface area contributed by atoms with Crippen molar-refractivity contribution in [3.63, 3.8) is 0 Å². The summed E-state index contributed by atoms with van der Waals surface area (Å²) in [5.74, 6) is -0.155. The lowest BCUT2D eigenvalue weighted by Gasteiger charge is -2.43. The quantitative estimate of drug-likeness (QED) is 0.530. The molecule has 192 valence electrons. The van der Waals surface area contributed by atoms with Gasteiger partial charge in [0.15, 0.2) is 0 Å². The van der Waals surface area contributed by atoms with Crippen LogP contribution < -0.4 is 11.1 Å². The number of nitrogens with zero attached hydrogens (tertiary/aromatic N) is 2. The summed E-state index contributed by atoms with van der Waals surface area (Å²) in [7, 11) is 1.52. The molecule has 0 bridgehead atoms. The number of nitrogens with two attached hydrogens (primary N) is 1. The molecule has 4 rings (SSSR count). The molecule has 7 nitrogen and oxygen atoms in total. The lowest BCUT2D eigenvalue weighted by atomic mass is 9.90. The Bertz CT molecular complexity index is 956. The van der Waals surface area contributed by atoms with Crippen LogP contribution in [0.4, 0.5) is 0 Å². The Morgan fingerprint density at radius 1 is 1.14 bits per heavy atom. The predicted molar refractivity (Wildman–Crippen MR) is 141 cm³/mol. The molecule has 1 aliphatic heterocycles. The molecule has 9 heteroatoms. The Labute approximate surface area is 216 Å². The van der Waals surface area contributed by atoms with E-state index in [1.54, 1.807) is 16.2 Å². The summed E-state index contributed by atoms with van der Waals surface area (Å²) in [4.78, 5) is 34.6. The van der Waals surface area contributed by atoms with E-state index in [1.807, 2.05) is 11.3 Å². The first-order valence-electron chi connectivity index (χ1n) is 12.6. The number of amides is 2. The number of hydrogen-bond donors (Lipinski definition) is 2. The Balaban J connectivity index is 1.50. The molecule has 2 aromatic rings. The second-order valence-corrected chi connectivity index (χ2v) is 12.2. The summed E-state index contributed by atoms with van der Waals surface area (Å²) in [6.45, 7) is 4.39. The summed E-state index contributed by atoms with van der Waals surface area (Å²) < 4.78 is 5.13. The second-order valence-electron chi connectivity index (χ2n) is 9.83. The molecule has 2 aliphatic rings. The van der Waals surface area contributed by atoms with Crippen molar-refractivity contribution in [2.24, 2.45) is 5.73 Å². The number of likely N-dealkylation sites (tertiary alicyclic amines) is 1. The zero-order valence-electron chi connectivity index (χ0n) is 20.8. The number of carbonyl (C=O) groups is 2. The highest BCUT2D eigenvalue weighted by Crippen LogP contribution is 2.29. The van der Waals surface area contributed by atoms with Crippen molar-refractivity contribution in [3.05, 3.63) is 44.3 Å². The molecule has 2 fully saturated rings. The highest BCUT2D eigenvalue weighted by atomic mass is 32.1. The zero-order valence-corrected chi connectivity index (χ0v) is 22.4. The average molecular weight is 519 g/mol. The predicted octanol–water partition coefficient (Wildman–Crippen LogP) is 3.51. The van der Waals surface area contributed by atoms with Gasteiger partial charge < -0.3 is 20.7 Å². The van der Waals surface area contributed by atoms with Gasteiger partial charge in [0, 0.05) is 59.5 Å². The van der Waals surface area contributed by atoms with E-state index < -0.39 is 6.04 Å². The van der Waals surface area contributed by atoms with Gasteiger partial charge in [0.2, 0.25) is 11.8 Å². The standard InChI is InChI=1S/C26H38N4O3S2/c1-18-5-10-23(35-18)16-29(15-22-4-3-13-34-22)21-11-12-30(25(31)17-33-2)24(14-21)26(32)28-20-8-6-19(27)7-9-20/h3-5,10,13,19-21,24H,6-9,11-12,14-17,27H2,1-2H3,(H,28,32)/t19?,20?,21?,24-/m1/s1. The van der Waals surface area contributed by atoms with E-state index in [1.165, 1.54) is 21.7 Å². The van der Waals surface area contributed by atoms with Crippen LogP contribution in [0.3, 0.4) is 0 Å². The van der Waals surface area contributed by atoms with Crippen LogP contribution in [0.1, 0.15) is 53.2 Å². The minimum absolute atomic E-state index is 0.000110. The molecule has 3 heterocycles. The van der Waals surface area contributed by atoms with Crippen molar-refractivity contribution >= 4 is 34.5 Å². The van der Waals surface area contributed by atoms with Gasteiger partial charge >= 0.3 is 0 Å². The SMILES string of the molecule is COCC(=O)N1CCC(N(Cc2cccs2)Cc2ccc(C)s2)C[C@@H]1C(=O)NC1CCC(N)CC1. The van der Waals surface area contributed by atoms with Crippen molar-refractivity contribution in [3.8, 4) is 0 Å². The monoisotopic (exact) mass is 518 g/mol. The van der Waals surface area contributed by atoms with Gasteiger partial charge in [-0.05, 0) is 69.0 Å². The van der Waals surface area contributed by atoms with Crippen LogP contribution in [0.2, 0.25) is 0 Å². The highest BCUT2D eigenvalue weighted by molar-refractivity contribution is 7.11. The van der Waals surface area contributed by atoms with Gasteiger partial charge in [0.05, 0.1) is 0 Å². The topological polar surface area (TPSA) is 87.9 Å².